The zero-order valence-electron chi connectivity index (χ0n) is 12.8. The second-order valence-electron chi connectivity index (χ2n) is 6.24. The maximum absolute atomic E-state index is 9.27. The van der Waals surface area contributed by atoms with Gasteiger partial charge in [0, 0.05) is 37.8 Å². The van der Waals surface area contributed by atoms with Gasteiger partial charge < -0.3 is 4.74 Å². The second-order valence-corrected chi connectivity index (χ2v) is 6.24. The summed E-state index contributed by atoms with van der Waals surface area (Å²) in [5.74, 6) is 0.608. The molecule has 1 saturated heterocycles. The molecule has 114 valence electrons. The Hall–Kier alpha value is -1.38. The van der Waals surface area contributed by atoms with Crippen molar-refractivity contribution in [2.75, 3.05) is 19.8 Å². The van der Waals surface area contributed by atoms with E-state index in [1.165, 1.54) is 43.4 Å². The van der Waals surface area contributed by atoms with E-state index < -0.39 is 0 Å². The summed E-state index contributed by atoms with van der Waals surface area (Å²) in [6.45, 7) is 2.89. The van der Waals surface area contributed by atoms with Gasteiger partial charge in [0.25, 0.3) is 0 Å². The predicted octanol–water partition coefficient (Wildman–Crippen LogP) is 2.19. The third-order valence-electron chi connectivity index (χ3n) is 4.69. The molecule has 1 aliphatic carbocycles. The molecular formula is C16H24N4O. The van der Waals surface area contributed by atoms with Crippen molar-refractivity contribution in [1.82, 2.24) is 14.7 Å². The highest BCUT2D eigenvalue weighted by Crippen LogP contribution is 2.34. The molecule has 0 bridgehead atoms. The van der Waals surface area contributed by atoms with Crippen molar-refractivity contribution in [3.05, 3.63) is 17.5 Å². The first kappa shape index (κ1) is 14.6. The van der Waals surface area contributed by atoms with Crippen LogP contribution in [0, 0.1) is 11.3 Å². The third kappa shape index (κ3) is 3.28. The SMILES string of the molecule is Cn1cc(CN2CCOCC2C#N)c(C2CCCCC2)n1. The summed E-state index contributed by atoms with van der Waals surface area (Å²) >= 11 is 0. The van der Waals surface area contributed by atoms with Crippen LogP contribution in [-0.2, 0) is 18.3 Å². The predicted molar refractivity (Wildman–Crippen MR) is 79.7 cm³/mol. The number of hydrogen-bond acceptors (Lipinski definition) is 4. The molecule has 0 N–H and O–H groups in total. The van der Waals surface area contributed by atoms with Crippen molar-refractivity contribution >= 4 is 0 Å². The fraction of sp³-hybridized carbons (Fsp3) is 0.750. The minimum atomic E-state index is -0.127. The van der Waals surface area contributed by atoms with Gasteiger partial charge in [0.2, 0.25) is 0 Å². The van der Waals surface area contributed by atoms with Crippen molar-refractivity contribution in [1.29, 1.82) is 5.26 Å². The van der Waals surface area contributed by atoms with Crippen LogP contribution in [0.2, 0.25) is 0 Å². The molecule has 2 heterocycles. The highest BCUT2D eigenvalue weighted by atomic mass is 16.5. The van der Waals surface area contributed by atoms with Crippen molar-refractivity contribution in [3.63, 3.8) is 0 Å². The van der Waals surface area contributed by atoms with E-state index in [9.17, 15) is 5.26 Å². The second kappa shape index (κ2) is 6.59. The van der Waals surface area contributed by atoms with Crippen LogP contribution in [0.4, 0.5) is 0 Å². The van der Waals surface area contributed by atoms with Crippen molar-refractivity contribution < 1.29 is 4.74 Å². The Morgan fingerprint density at radius 1 is 1.38 bits per heavy atom. The monoisotopic (exact) mass is 288 g/mol. The topological polar surface area (TPSA) is 54.1 Å². The molecule has 0 aromatic carbocycles. The fourth-order valence-electron chi connectivity index (χ4n) is 3.56. The highest BCUT2D eigenvalue weighted by molar-refractivity contribution is 5.22. The smallest absolute Gasteiger partial charge is 0.122 e. The minimum Gasteiger partial charge on any atom is -0.377 e. The Bertz CT molecular complexity index is 513. The van der Waals surface area contributed by atoms with Gasteiger partial charge >= 0.3 is 0 Å². The maximum Gasteiger partial charge on any atom is 0.122 e. The van der Waals surface area contributed by atoms with Crippen molar-refractivity contribution in [2.45, 2.75) is 50.6 Å². The summed E-state index contributed by atoms with van der Waals surface area (Å²) in [6.07, 6.45) is 8.65. The van der Waals surface area contributed by atoms with Gasteiger partial charge in [-0.1, -0.05) is 19.3 Å². The molecule has 1 aromatic heterocycles. The van der Waals surface area contributed by atoms with E-state index >= 15 is 0 Å². The quantitative estimate of drug-likeness (QED) is 0.855. The Balaban J connectivity index is 1.76. The summed E-state index contributed by atoms with van der Waals surface area (Å²) in [6, 6.07) is 2.23. The lowest BCUT2D eigenvalue weighted by Crippen LogP contribution is -2.44. The van der Waals surface area contributed by atoms with E-state index in [1.54, 1.807) is 0 Å². The van der Waals surface area contributed by atoms with Gasteiger partial charge in [0.1, 0.15) is 6.04 Å². The summed E-state index contributed by atoms with van der Waals surface area (Å²) in [4.78, 5) is 2.23. The van der Waals surface area contributed by atoms with Crippen LogP contribution in [0.3, 0.4) is 0 Å². The average molecular weight is 288 g/mol. The molecule has 1 saturated carbocycles. The Labute approximate surface area is 126 Å². The molecular weight excluding hydrogens is 264 g/mol. The van der Waals surface area contributed by atoms with Gasteiger partial charge in [-0.2, -0.15) is 10.4 Å². The molecule has 1 aliphatic heterocycles. The number of nitrogens with zero attached hydrogens (tertiary/aromatic N) is 4. The van der Waals surface area contributed by atoms with E-state index in [2.05, 4.69) is 17.2 Å². The number of nitriles is 1. The minimum absolute atomic E-state index is 0.127. The van der Waals surface area contributed by atoms with Crippen LogP contribution in [0.1, 0.15) is 49.3 Å². The lowest BCUT2D eigenvalue weighted by Gasteiger charge is -2.31. The highest BCUT2D eigenvalue weighted by Gasteiger charge is 2.27. The molecule has 0 spiro atoms. The molecule has 5 nitrogen and oxygen atoms in total. The van der Waals surface area contributed by atoms with Crippen LogP contribution in [-0.4, -0.2) is 40.5 Å². The van der Waals surface area contributed by atoms with E-state index in [4.69, 9.17) is 9.84 Å². The number of morpholine rings is 1. The number of ether oxygens (including phenoxy) is 1. The molecule has 1 unspecified atom stereocenters. The normalized spacial score (nSPS) is 24.9. The summed E-state index contributed by atoms with van der Waals surface area (Å²) < 4.78 is 7.34. The summed E-state index contributed by atoms with van der Waals surface area (Å²) in [5, 5.41) is 14.0. The number of rotatable bonds is 3. The molecule has 1 atom stereocenters. The zero-order chi connectivity index (χ0) is 14.7. The average Bonchev–Trinajstić information content (AvgIpc) is 2.89. The van der Waals surface area contributed by atoms with E-state index in [0.29, 0.717) is 12.5 Å². The zero-order valence-corrected chi connectivity index (χ0v) is 12.8. The molecule has 5 heteroatoms. The van der Waals surface area contributed by atoms with Crippen LogP contribution in [0.5, 0.6) is 0 Å². The van der Waals surface area contributed by atoms with Crippen LogP contribution >= 0.6 is 0 Å². The fourth-order valence-corrected chi connectivity index (χ4v) is 3.56. The lowest BCUT2D eigenvalue weighted by molar-refractivity contribution is 0.00871. The molecule has 1 aromatic rings. The maximum atomic E-state index is 9.27. The van der Waals surface area contributed by atoms with Crippen molar-refractivity contribution in [3.8, 4) is 6.07 Å². The number of aryl methyl sites for hydroxylation is 1. The Morgan fingerprint density at radius 2 is 2.19 bits per heavy atom. The molecule has 3 rings (SSSR count). The molecule has 2 aliphatic rings. The lowest BCUT2D eigenvalue weighted by atomic mass is 9.85. The number of hydrogen-bond donors (Lipinski definition) is 0. The van der Waals surface area contributed by atoms with Crippen LogP contribution < -0.4 is 0 Å². The third-order valence-corrected chi connectivity index (χ3v) is 4.69. The van der Waals surface area contributed by atoms with Gasteiger partial charge in [-0.3, -0.25) is 9.58 Å². The Morgan fingerprint density at radius 3 is 2.95 bits per heavy atom. The van der Waals surface area contributed by atoms with Gasteiger partial charge in [0.15, 0.2) is 0 Å². The largest absolute Gasteiger partial charge is 0.377 e. The number of aromatic nitrogens is 2. The van der Waals surface area contributed by atoms with Gasteiger partial charge in [-0.05, 0) is 12.8 Å². The van der Waals surface area contributed by atoms with E-state index in [1.807, 2.05) is 11.7 Å². The van der Waals surface area contributed by atoms with Gasteiger partial charge in [0.05, 0.1) is 25.0 Å². The van der Waals surface area contributed by atoms with Crippen LogP contribution in [0.25, 0.3) is 0 Å². The first-order chi connectivity index (χ1) is 10.3. The van der Waals surface area contributed by atoms with Gasteiger partial charge in [-0.15, -0.1) is 0 Å². The molecule has 0 radical (unpaired) electrons. The first-order valence-electron chi connectivity index (χ1n) is 8.01. The van der Waals surface area contributed by atoms with Gasteiger partial charge in [-0.25, -0.2) is 0 Å². The van der Waals surface area contributed by atoms with E-state index in [-0.39, 0.29) is 6.04 Å². The summed E-state index contributed by atoms with van der Waals surface area (Å²) in [7, 11) is 2.00. The van der Waals surface area contributed by atoms with E-state index in [0.717, 1.165) is 19.7 Å². The molecule has 2 fully saturated rings. The van der Waals surface area contributed by atoms with Crippen molar-refractivity contribution in [2.24, 2.45) is 7.05 Å². The Kier molecular flexibility index (Phi) is 4.57. The summed E-state index contributed by atoms with van der Waals surface area (Å²) in [5.41, 5.74) is 2.56. The molecule has 0 amide bonds. The molecule has 21 heavy (non-hydrogen) atoms. The first-order valence-corrected chi connectivity index (χ1v) is 8.01. The van der Waals surface area contributed by atoms with Crippen LogP contribution in [0.15, 0.2) is 6.20 Å². The standard InChI is InChI=1S/C16H24N4O/c1-19-10-14(11-20-7-8-21-12-15(20)9-17)16(18-19)13-5-3-2-4-6-13/h10,13,15H,2-8,11-12H2,1H3.